The first kappa shape index (κ1) is 16.2. The van der Waals surface area contributed by atoms with E-state index in [1.54, 1.807) is 6.26 Å². The van der Waals surface area contributed by atoms with Gasteiger partial charge in [-0.1, -0.05) is 6.92 Å². The summed E-state index contributed by atoms with van der Waals surface area (Å²) in [5.41, 5.74) is 0.413. The van der Waals surface area contributed by atoms with Gasteiger partial charge in [0, 0.05) is 35.0 Å². The van der Waals surface area contributed by atoms with Crippen molar-refractivity contribution in [3.63, 3.8) is 0 Å². The average molecular weight is 302 g/mol. The van der Waals surface area contributed by atoms with Crippen LogP contribution in [0.3, 0.4) is 0 Å². The van der Waals surface area contributed by atoms with Crippen LogP contribution in [0.5, 0.6) is 0 Å². The Morgan fingerprint density at radius 1 is 1.55 bits per heavy atom. The second-order valence-corrected chi connectivity index (χ2v) is 6.10. The van der Waals surface area contributed by atoms with Crippen molar-refractivity contribution in [1.29, 1.82) is 0 Å². The van der Waals surface area contributed by atoms with Gasteiger partial charge in [-0.3, -0.25) is 13.7 Å². The molecule has 2 unspecified atom stereocenters. The number of urea groups is 1. The van der Waals surface area contributed by atoms with Crippen molar-refractivity contribution in [2.45, 2.75) is 25.1 Å². The number of nitrogens with one attached hydrogen (secondary N) is 2. The second-order valence-electron chi connectivity index (χ2n) is 4.30. The van der Waals surface area contributed by atoms with E-state index in [0.29, 0.717) is 18.7 Å². The highest BCUT2D eigenvalue weighted by Crippen LogP contribution is 2.04. The van der Waals surface area contributed by atoms with E-state index in [4.69, 9.17) is 5.11 Å². The zero-order chi connectivity index (χ0) is 15.1. The van der Waals surface area contributed by atoms with Crippen molar-refractivity contribution < 1.29 is 18.9 Å². The molecule has 0 aromatic carbocycles. The zero-order valence-corrected chi connectivity index (χ0v) is 12.1. The van der Waals surface area contributed by atoms with Crippen LogP contribution in [0.2, 0.25) is 0 Å². The third kappa shape index (κ3) is 5.83. The number of carbonyl (C=O) groups is 2. The lowest BCUT2D eigenvalue weighted by molar-refractivity contribution is -0.137. The van der Waals surface area contributed by atoms with Crippen LogP contribution in [0, 0.1) is 0 Å². The van der Waals surface area contributed by atoms with Crippen LogP contribution in [0.1, 0.15) is 13.3 Å². The highest BCUT2D eigenvalue weighted by atomic mass is 32.2. The molecule has 1 aromatic heterocycles. The fourth-order valence-corrected chi connectivity index (χ4v) is 1.83. The minimum atomic E-state index is -1.01. The van der Waals surface area contributed by atoms with E-state index in [1.807, 2.05) is 6.92 Å². The van der Waals surface area contributed by atoms with Gasteiger partial charge in [0.1, 0.15) is 6.54 Å². The molecule has 0 aliphatic carbocycles. The Hall–Kier alpha value is -1.90. The summed E-state index contributed by atoms with van der Waals surface area (Å²) < 4.78 is 12.3. The maximum absolute atomic E-state index is 11.5. The van der Waals surface area contributed by atoms with Crippen LogP contribution in [-0.2, 0) is 22.1 Å². The Morgan fingerprint density at radius 3 is 2.85 bits per heavy atom. The summed E-state index contributed by atoms with van der Waals surface area (Å²) in [6.45, 7) is 2.00. The van der Waals surface area contributed by atoms with Crippen LogP contribution in [-0.4, -0.2) is 49.1 Å². The quantitative estimate of drug-likeness (QED) is 0.668. The molecule has 9 heteroatoms. The van der Waals surface area contributed by atoms with Gasteiger partial charge >= 0.3 is 12.0 Å². The van der Waals surface area contributed by atoms with Gasteiger partial charge in [-0.2, -0.15) is 5.10 Å². The molecular formula is C11H18N4O4S. The summed E-state index contributed by atoms with van der Waals surface area (Å²) in [6, 6.07) is -0.408. The van der Waals surface area contributed by atoms with Gasteiger partial charge in [-0.25, -0.2) is 4.79 Å². The minimum Gasteiger partial charge on any atom is -0.480 e. The molecule has 0 aliphatic rings. The monoisotopic (exact) mass is 302 g/mol. The van der Waals surface area contributed by atoms with Gasteiger partial charge in [-0.05, 0) is 6.42 Å². The molecule has 0 aliphatic heterocycles. The first-order chi connectivity index (χ1) is 9.38. The molecule has 1 heterocycles. The SMILES string of the molecule is CC(CCNC(=O)Nc1cnn(CC(=O)O)c1)S(C)=O. The van der Waals surface area contributed by atoms with Crippen molar-refractivity contribution in [3.8, 4) is 0 Å². The highest BCUT2D eigenvalue weighted by Gasteiger charge is 2.08. The van der Waals surface area contributed by atoms with E-state index in [-0.39, 0.29) is 11.8 Å². The molecule has 0 bridgehead atoms. The third-order valence-electron chi connectivity index (χ3n) is 2.59. The summed E-state index contributed by atoms with van der Waals surface area (Å²) in [5, 5.41) is 17.6. The third-order valence-corrected chi connectivity index (χ3v) is 3.96. The second kappa shape index (κ2) is 7.63. The van der Waals surface area contributed by atoms with Crippen LogP contribution >= 0.6 is 0 Å². The van der Waals surface area contributed by atoms with Crippen molar-refractivity contribution in [3.05, 3.63) is 12.4 Å². The van der Waals surface area contributed by atoms with Gasteiger partial charge in [0.15, 0.2) is 0 Å². The number of aliphatic carboxylic acids is 1. The summed E-state index contributed by atoms with van der Waals surface area (Å²) in [7, 11) is -0.906. The summed E-state index contributed by atoms with van der Waals surface area (Å²) in [5.74, 6) is -1.01. The lowest BCUT2D eigenvalue weighted by atomic mass is 10.3. The maximum Gasteiger partial charge on any atom is 0.325 e. The smallest absolute Gasteiger partial charge is 0.325 e. The number of anilines is 1. The fourth-order valence-electron chi connectivity index (χ4n) is 1.38. The Morgan fingerprint density at radius 2 is 2.25 bits per heavy atom. The molecule has 0 spiro atoms. The molecule has 20 heavy (non-hydrogen) atoms. The predicted octanol–water partition coefficient (Wildman–Crippen LogP) is 0.246. The molecule has 0 fully saturated rings. The van der Waals surface area contributed by atoms with Crippen molar-refractivity contribution in [1.82, 2.24) is 15.1 Å². The molecule has 112 valence electrons. The molecule has 2 amide bonds. The van der Waals surface area contributed by atoms with Gasteiger partial charge in [-0.15, -0.1) is 0 Å². The Kier molecular flexibility index (Phi) is 6.16. The summed E-state index contributed by atoms with van der Waals surface area (Å²) >= 11 is 0. The summed E-state index contributed by atoms with van der Waals surface area (Å²) in [4.78, 5) is 22.0. The Bertz CT molecular complexity index is 502. The van der Waals surface area contributed by atoms with E-state index in [1.165, 1.54) is 17.1 Å². The topological polar surface area (TPSA) is 113 Å². The number of hydrogen-bond donors (Lipinski definition) is 3. The number of nitrogens with zero attached hydrogens (tertiary/aromatic N) is 2. The van der Waals surface area contributed by atoms with E-state index in [9.17, 15) is 13.8 Å². The van der Waals surface area contributed by atoms with Gasteiger partial charge in [0.2, 0.25) is 0 Å². The van der Waals surface area contributed by atoms with Crippen LogP contribution < -0.4 is 10.6 Å². The molecule has 0 saturated carbocycles. The van der Waals surface area contributed by atoms with Crippen molar-refractivity contribution in [2.75, 3.05) is 18.1 Å². The first-order valence-corrected chi connectivity index (χ1v) is 7.62. The number of aromatic nitrogens is 2. The zero-order valence-electron chi connectivity index (χ0n) is 11.3. The molecule has 1 rings (SSSR count). The van der Waals surface area contributed by atoms with Gasteiger partial charge < -0.3 is 15.7 Å². The molecule has 1 aromatic rings. The van der Waals surface area contributed by atoms with Gasteiger partial charge in [0.25, 0.3) is 0 Å². The number of amides is 2. The molecule has 0 saturated heterocycles. The van der Waals surface area contributed by atoms with Crippen LogP contribution in [0.4, 0.5) is 10.5 Å². The standard InChI is InChI=1S/C11H18N4O4S/c1-8(20(2)19)3-4-12-11(18)14-9-5-13-15(6-9)7-10(16)17/h5-6,8H,3-4,7H2,1-2H3,(H,16,17)(H2,12,14,18). The van der Waals surface area contributed by atoms with Crippen LogP contribution in [0.15, 0.2) is 12.4 Å². The number of carboxylic acid groups (broad SMARTS) is 1. The number of carboxylic acids is 1. The van der Waals surface area contributed by atoms with E-state index >= 15 is 0 Å². The summed E-state index contributed by atoms with van der Waals surface area (Å²) in [6.07, 6.45) is 5.04. The highest BCUT2D eigenvalue weighted by molar-refractivity contribution is 7.84. The van der Waals surface area contributed by atoms with Crippen molar-refractivity contribution in [2.24, 2.45) is 0 Å². The lowest BCUT2D eigenvalue weighted by Crippen LogP contribution is -2.31. The van der Waals surface area contributed by atoms with Crippen LogP contribution in [0.25, 0.3) is 0 Å². The van der Waals surface area contributed by atoms with E-state index < -0.39 is 22.8 Å². The largest absolute Gasteiger partial charge is 0.480 e. The van der Waals surface area contributed by atoms with Crippen molar-refractivity contribution >= 4 is 28.5 Å². The van der Waals surface area contributed by atoms with E-state index in [2.05, 4.69) is 15.7 Å². The molecule has 2 atom stereocenters. The molecule has 3 N–H and O–H groups in total. The molecular weight excluding hydrogens is 284 g/mol. The number of rotatable bonds is 7. The Balaban J connectivity index is 2.33. The number of carbonyl (C=O) groups excluding carboxylic acids is 1. The fraction of sp³-hybridized carbons (Fsp3) is 0.545. The molecule has 8 nitrogen and oxygen atoms in total. The predicted molar refractivity (Wildman–Crippen MR) is 75.0 cm³/mol. The normalized spacial score (nSPS) is 13.5. The Labute approximate surface area is 119 Å². The van der Waals surface area contributed by atoms with E-state index in [0.717, 1.165) is 0 Å². The lowest BCUT2D eigenvalue weighted by Gasteiger charge is -2.09. The van der Waals surface area contributed by atoms with Gasteiger partial charge in [0.05, 0.1) is 11.9 Å². The first-order valence-electron chi connectivity index (χ1n) is 6.00. The average Bonchev–Trinajstić information content (AvgIpc) is 2.75. The molecule has 0 radical (unpaired) electrons. The maximum atomic E-state index is 11.5. The minimum absolute atomic E-state index is 0.0219. The number of hydrogen-bond acceptors (Lipinski definition) is 4.